The van der Waals surface area contributed by atoms with Crippen molar-refractivity contribution in [2.75, 3.05) is 26.2 Å². The predicted octanol–water partition coefficient (Wildman–Crippen LogP) is 3.44. The lowest BCUT2D eigenvalue weighted by atomic mass is 9.78. The topological polar surface area (TPSA) is 50.8 Å². The van der Waals surface area contributed by atoms with E-state index in [9.17, 15) is 4.79 Å². The summed E-state index contributed by atoms with van der Waals surface area (Å²) in [4.78, 5) is 14.1. The summed E-state index contributed by atoms with van der Waals surface area (Å²) in [6, 6.07) is 10.3. The van der Waals surface area contributed by atoms with Crippen LogP contribution < -0.4 is 5.32 Å². The molecule has 5 heteroatoms. The molecule has 1 N–H and O–H groups in total. The molecule has 1 heterocycles. The number of nitrogens with one attached hydrogen (secondary N) is 1. The van der Waals surface area contributed by atoms with Gasteiger partial charge in [0.2, 0.25) is 0 Å². The second kappa shape index (κ2) is 9.38. The Morgan fingerprint density at radius 2 is 2.08 bits per heavy atom. The van der Waals surface area contributed by atoms with Crippen molar-refractivity contribution in [2.24, 2.45) is 11.8 Å². The average molecular weight is 360 g/mol. The summed E-state index contributed by atoms with van der Waals surface area (Å²) >= 11 is 0. The lowest BCUT2D eigenvalue weighted by Gasteiger charge is -2.37. The first-order valence-electron chi connectivity index (χ1n) is 9.94. The van der Waals surface area contributed by atoms with Crippen LogP contribution in [0.2, 0.25) is 0 Å². The molecular formula is C21H32N2O3. The number of carbonyl (C=O) groups is 1. The fourth-order valence-corrected chi connectivity index (χ4v) is 3.97. The Hall–Kier alpha value is -1.59. The monoisotopic (exact) mass is 360 g/mol. The minimum atomic E-state index is -0.248. The van der Waals surface area contributed by atoms with E-state index in [-0.39, 0.29) is 12.2 Å². The van der Waals surface area contributed by atoms with Crippen LogP contribution in [0.3, 0.4) is 0 Å². The highest BCUT2D eigenvalue weighted by molar-refractivity contribution is 5.67. The first-order chi connectivity index (χ1) is 12.6. The Kier molecular flexibility index (Phi) is 6.92. The largest absolute Gasteiger partial charge is 0.445 e. The third kappa shape index (κ3) is 5.21. The summed E-state index contributed by atoms with van der Waals surface area (Å²) in [6.07, 6.45) is 3.66. The van der Waals surface area contributed by atoms with Crippen LogP contribution in [-0.2, 0) is 16.1 Å². The van der Waals surface area contributed by atoms with Crippen molar-refractivity contribution in [3.63, 3.8) is 0 Å². The highest BCUT2D eigenvalue weighted by atomic mass is 16.6. The molecule has 3 rings (SSSR count). The normalized spacial score (nSPS) is 29.4. The van der Waals surface area contributed by atoms with Crippen molar-refractivity contribution in [3.8, 4) is 0 Å². The van der Waals surface area contributed by atoms with Crippen molar-refractivity contribution in [1.82, 2.24) is 10.2 Å². The Morgan fingerprint density at radius 1 is 1.27 bits per heavy atom. The Balaban J connectivity index is 1.42. The van der Waals surface area contributed by atoms with Gasteiger partial charge < -0.3 is 19.7 Å². The van der Waals surface area contributed by atoms with Gasteiger partial charge in [0, 0.05) is 19.1 Å². The molecule has 0 radical (unpaired) electrons. The summed E-state index contributed by atoms with van der Waals surface area (Å²) in [5.41, 5.74) is 1.01. The molecule has 4 atom stereocenters. The van der Waals surface area contributed by atoms with Crippen LogP contribution in [-0.4, -0.2) is 49.4 Å². The number of carbonyl (C=O) groups excluding carboxylic acids is 1. The van der Waals surface area contributed by atoms with E-state index in [2.05, 4.69) is 19.2 Å². The van der Waals surface area contributed by atoms with Crippen molar-refractivity contribution in [2.45, 2.75) is 51.9 Å². The number of nitrogens with zero attached hydrogens (tertiary/aromatic N) is 1. The molecule has 1 aliphatic heterocycles. The third-order valence-corrected chi connectivity index (χ3v) is 5.92. The standard InChI is InChI=1S/C21H32N2O3/c1-16-7-6-10-20(17(16)2)22-13-19-14-23(11-12-25-19)21(24)26-15-18-8-4-3-5-9-18/h3-5,8-9,16-17,19-20,22H,6-7,10-15H2,1-2H3. The van der Waals surface area contributed by atoms with Crippen molar-refractivity contribution in [3.05, 3.63) is 35.9 Å². The first-order valence-corrected chi connectivity index (χ1v) is 9.94. The van der Waals surface area contributed by atoms with E-state index in [4.69, 9.17) is 9.47 Å². The van der Waals surface area contributed by atoms with Gasteiger partial charge in [-0.15, -0.1) is 0 Å². The number of morpholine rings is 1. The van der Waals surface area contributed by atoms with Gasteiger partial charge >= 0.3 is 6.09 Å². The van der Waals surface area contributed by atoms with Gasteiger partial charge in [-0.3, -0.25) is 0 Å². The quantitative estimate of drug-likeness (QED) is 0.874. The Morgan fingerprint density at radius 3 is 2.88 bits per heavy atom. The maximum atomic E-state index is 12.3. The molecule has 2 aliphatic rings. The predicted molar refractivity (Wildman–Crippen MR) is 102 cm³/mol. The van der Waals surface area contributed by atoms with Crippen LogP contribution in [0.4, 0.5) is 4.79 Å². The summed E-state index contributed by atoms with van der Waals surface area (Å²) in [6.45, 7) is 7.57. The number of benzene rings is 1. The molecule has 1 saturated heterocycles. The van der Waals surface area contributed by atoms with Crippen molar-refractivity contribution in [1.29, 1.82) is 0 Å². The zero-order chi connectivity index (χ0) is 18.4. The van der Waals surface area contributed by atoms with Crippen LogP contribution in [0.15, 0.2) is 30.3 Å². The van der Waals surface area contributed by atoms with Crippen LogP contribution in [0, 0.1) is 11.8 Å². The van der Waals surface area contributed by atoms with E-state index in [1.165, 1.54) is 19.3 Å². The van der Waals surface area contributed by atoms with E-state index in [0.29, 0.717) is 38.3 Å². The zero-order valence-corrected chi connectivity index (χ0v) is 16.0. The molecule has 26 heavy (non-hydrogen) atoms. The summed E-state index contributed by atoms with van der Waals surface area (Å²) < 4.78 is 11.3. The molecular weight excluding hydrogens is 328 g/mol. The van der Waals surface area contributed by atoms with Crippen molar-refractivity contribution >= 4 is 6.09 Å². The Bertz CT molecular complexity index is 566. The number of hydrogen-bond acceptors (Lipinski definition) is 4. The molecule has 1 amide bonds. The van der Waals surface area contributed by atoms with Crippen LogP contribution >= 0.6 is 0 Å². The van der Waals surface area contributed by atoms with Gasteiger partial charge in [-0.25, -0.2) is 4.79 Å². The minimum absolute atomic E-state index is 0.0393. The van der Waals surface area contributed by atoms with E-state index >= 15 is 0 Å². The zero-order valence-electron chi connectivity index (χ0n) is 16.0. The number of rotatable bonds is 5. The van der Waals surface area contributed by atoms with Gasteiger partial charge in [0.05, 0.1) is 19.3 Å². The maximum absolute atomic E-state index is 12.3. The third-order valence-electron chi connectivity index (χ3n) is 5.92. The number of hydrogen-bond donors (Lipinski definition) is 1. The van der Waals surface area contributed by atoms with E-state index in [0.717, 1.165) is 18.0 Å². The van der Waals surface area contributed by atoms with E-state index < -0.39 is 0 Å². The number of ether oxygens (including phenoxy) is 2. The van der Waals surface area contributed by atoms with Gasteiger partial charge in [-0.1, -0.05) is 57.0 Å². The maximum Gasteiger partial charge on any atom is 0.410 e. The van der Waals surface area contributed by atoms with Crippen LogP contribution in [0.25, 0.3) is 0 Å². The molecule has 144 valence electrons. The summed E-state index contributed by atoms with van der Waals surface area (Å²) in [5.74, 6) is 1.47. The average Bonchev–Trinajstić information content (AvgIpc) is 2.68. The van der Waals surface area contributed by atoms with E-state index in [1.807, 2.05) is 30.3 Å². The van der Waals surface area contributed by atoms with Crippen molar-refractivity contribution < 1.29 is 14.3 Å². The lowest BCUT2D eigenvalue weighted by molar-refractivity contribution is -0.0294. The first kappa shape index (κ1) is 19.2. The fraction of sp³-hybridized carbons (Fsp3) is 0.667. The molecule has 5 nitrogen and oxygen atoms in total. The van der Waals surface area contributed by atoms with Gasteiger partial charge in [0.15, 0.2) is 0 Å². The summed E-state index contributed by atoms with van der Waals surface area (Å²) in [5, 5.41) is 3.69. The second-order valence-electron chi connectivity index (χ2n) is 7.76. The highest BCUT2D eigenvalue weighted by Crippen LogP contribution is 2.29. The molecule has 2 fully saturated rings. The number of amides is 1. The minimum Gasteiger partial charge on any atom is -0.445 e. The van der Waals surface area contributed by atoms with Gasteiger partial charge in [0.25, 0.3) is 0 Å². The SMILES string of the molecule is CC1CCCC(NCC2CN(C(=O)OCc3ccccc3)CCO2)C1C. The molecule has 0 bridgehead atoms. The second-order valence-corrected chi connectivity index (χ2v) is 7.76. The molecule has 4 unspecified atom stereocenters. The Labute approximate surface area is 157 Å². The molecule has 1 aromatic carbocycles. The molecule has 0 aromatic heterocycles. The van der Waals surface area contributed by atoms with Gasteiger partial charge in [0.1, 0.15) is 6.61 Å². The van der Waals surface area contributed by atoms with Gasteiger partial charge in [-0.05, 0) is 23.8 Å². The molecule has 0 spiro atoms. The fourth-order valence-electron chi connectivity index (χ4n) is 3.97. The van der Waals surface area contributed by atoms with Crippen LogP contribution in [0.5, 0.6) is 0 Å². The smallest absolute Gasteiger partial charge is 0.410 e. The molecule has 1 aromatic rings. The molecule has 1 aliphatic carbocycles. The van der Waals surface area contributed by atoms with Gasteiger partial charge in [-0.2, -0.15) is 0 Å². The molecule has 1 saturated carbocycles. The van der Waals surface area contributed by atoms with Crippen LogP contribution in [0.1, 0.15) is 38.7 Å². The lowest BCUT2D eigenvalue weighted by Crippen LogP contribution is -2.51. The summed E-state index contributed by atoms with van der Waals surface area (Å²) in [7, 11) is 0. The van der Waals surface area contributed by atoms with E-state index in [1.54, 1.807) is 4.90 Å². The highest BCUT2D eigenvalue weighted by Gasteiger charge is 2.29.